The van der Waals surface area contributed by atoms with E-state index >= 15 is 0 Å². The predicted octanol–water partition coefficient (Wildman–Crippen LogP) is 3.85. The van der Waals surface area contributed by atoms with Crippen molar-refractivity contribution in [1.29, 1.82) is 0 Å². The molecule has 0 aliphatic heterocycles. The first-order chi connectivity index (χ1) is 8.54. The molecule has 3 nitrogen and oxygen atoms in total. The van der Waals surface area contributed by atoms with Crippen molar-refractivity contribution in [2.24, 2.45) is 5.92 Å². The highest BCUT2D eigenvalue weighted by Gasteiger charge is 2.18. The molecule has 1 unspecified atom stereocenters. The van der Waals surface area contributed by atoms with Crippen molar-refractivity contribution in [1.82, 2.24) is 9.55 Å². The molecular formula is C14H20N2OS. The van der Waals surface area contributed by atoms with Crippen molar-refractivity contribution in [3.05, 3.63) is 28.5 Å². The number of fused-ring (bicyclic) bond motifs is 1. The first-order valence-corrected chi connectivity index (χ1v) is 6.65. The molecule has 0 spiro atoms. The number of hydrogen-bond acceptors (Lipinski definition) is 2. The molecule has 0 bridgehead atoms. The third-order valence-corrected chi connectivity index (χ3v) is 3.61. The summed E-state index contributed by atoms with van der Waals surface area (Å²) in [5, 5.41) is 0. The third-order valence-electron chi connectivity index (χ3n) is 3.31. The van der Waals surface area contributed by atoms with Gasteiger partial charge >= 0.3 is 0 Å². The number of aryl methyl sites for hydroxylation is 1. The first kappa shape index (κ1) is 13.3. The average molecular weight is 264 g/mol. The number of nitrogens with zero attached hydrogens (tertiary/aromatic N) is 1. The topological polar surface area (TPSA) is 29.9 Å². The van der Waals surface area contributed by atoms with E-state index in [1.165, 1.54) is 5.56 Å². The molecule has 1 heterocycles. The van der Waals surface area contributed by atoms with Gasteiger partial charge < -0.3 is 14.3 Å². The number of imidazole rings is 1. The highest BCUT2D eigenvalue weighted by molar-refractivity contribution is 7.71. The lowest BCUT2D eigenvalue weighted by molar-refractivity contribution is 0.134. The Balaban J connectivity index is 2.64. The molecule has 98 valence electrons. The fourth-order valence-corrected chi connectivity index (χ4v) is 2.64. The van der Waals surface area contributed by atoms with E-state index in [1.54, 1.807) is 7.11 Å². The van der Waals surface area contributed by atoms with Crippen LogP contribution in [0.4, 0.5) is 0 Å². The van der Waals surface area contributed by atoms with E-state index in [4.69, 9.17) is 17.0 Å². The van der Waals surface area contributed by atoms with Crippen LogP contribution < -0.4 is 0 Å². The van der Waals surface area contributed by atoms with E-state index < -0.39 is 0 Å². The van der Waals surface area contributed by atoms with Crippen LogP contribution in [-0.2, 0) is 4.74 Å². The monoisotopic (exact) mass is 264 g/mol. The maximum atomic E-state index is 5.46. The van der Waals surface area contributed by atoms with Gasteiger partial charge in [0.1, 0.15) is 0 Å². The number of methoxy groups -OCH3 is 1. The van der Waals surface area contributed by atoms with E-state index in [9.17, 15) is 0 Å². The first-order valence-electron chi connectivity index (χ1n) is 6.24. The molecule has 1 aromatic carbocycles. The highest BCUT2D eigenvalue weighted by Crippen LogP contribution is 2.25. The summed E-state index contributed by atoms with van der Waals surface area (Å²) in [6, 6.07) is 6.62. The summed E-state index contributed by atoms with van der Waals surface area (Å²) in [5.74, 6) is 0.469. The molecule has 2 rings (SSSR count). The summed E-state index contributed by atoms with van der Waals surface area (Å²) in [6.07, 6.45) is 0. The third kappa shape index (κ3) is 2.35. The van der Waals surface area contributed by atoms with Crippen LogP contribution in [0.25, 0.3) is 11.0 Å². The van der Waals surface area contributed by atoms with Gasteiger partial charge in [0.25, 0.3) is 0 Å². The zero-order valence-electron chi connectivity index (χ0n) is 11.4. The van der Waals surface area contributed by atoms with Crippen LogP contribution in [-0.4, -0.2) is 23.3 Å². The summed E-state index contributed by atoms with van der Waals surface area (Å²) in [7, 11) is 1.74. The fourth-order valence-electron chi connectivity index (χ4n) is 2.30. The predicted molar refractivity (Wildman–Crippen MR) is 77.6 cm³/mol. The Hall–Kier alpha value is -1.13. The maximum Gasteiger partial charge on any atom is 0.178 e. The van der Waals surface area contributed by atoms with Gasteiger partial charge in [0, 0.05) is 7.11 Å². The number of nitrogens with one attached hydrogen (secondary N) is 1. The normalized spacial score (nSPS) is 13.4. The zero-order valence-corrected chi connectivity index (χ0v) is 12.2. The molecule has 1 aromatic heterocycles. The van der Waals surface area contributed by atoms with Crippen LogP contribution in [0.2, 0.25) is 0 Å². The van der Waals surface area contributed by atoms with Gasteiger partial charge in [-0.2, -0.15) is 0 Å². The molecule has 0 aliphatic rings. The van der Waals surface area contributed by atoms with Gasteiger partial charge in [0.15, 0.2) is 4.77 Å². The van der Waals surface area contributed by atoms with Gasteiger partial charge in [-0.1, -0.05) is 19.9 Å². The molecule has 0 saturated carbocycles. The molecule has 18 heavy (non-hydrogen) atoms. The van der Waals surface area contributed by atoms with Crippen LogP contribution >= 0.6 is 12.2 Å². The van der Waals surface area contributed by atoms with Gasteiger partial charge in [0.2, 0.25) is 0 Å². The lowest BCUT2D eigenvalue weighted by Gasteiger charge is -2.22. The summed E-state index contributed by atoms with van der Waals surface area (Å²) in [5.41, 5.74) is 3.49. The number of hydrogen-bond donors (Lipinski definition) is 1. The largest absolute Gasteiger partial charge is 0.383 e. The smallest absolute Gasteiger partial charge is 0.178 e. The van der Waals surface area contributed by atoms with E-state index in [-0.39, 0.29) is 6.04 Å². The number of rotatable bonds is 4. The van der Waals surface area contributed by atoms with Crippen molar-refractivity contribution < 1.29 is 4.74 Å². The molecule has 2 aromatic rings. The summed E-state index contributed by atoms with van der Waals surface area (Å²) in [6.45, 7) is 7.16. The molecule has 0 radical (unpaired) electrons. The van der Waals surface area contributed by atoms with E-state index in [0.29, 0.717) is 12.5 Å². The van der Waals surface area contributed by atoms with E-state index in [2.05, 4.69) is 48.5 Å². The minimum absolute atomic E-state index is 0.262. The molecule has 1 atom stereocenters. The number of aromatic nitrogens is 2. The number of aromatic amines is 1. The van der Waals surface area contributed by atoms with Crippen LogP contribution in [0.15, 0.2) is 18.2 Å². The van der Waals surface area contributed by atoms with Crippen LogP contribution in [0, 0.1) is 17.6 Å². The minimum Gasteiger partial charge on any atom is -0.383 e. The lowest BCUT2D eigenvalue weighted by atomic mass is 10.0. The Morgan fingerprint density at radius 3 is 2.72 bits per heavy atom. The zero-order chi connectivity index (χ0) is 13.3. The highest BCUT2D eigenvalue weighted by atomic mass is 32.1. The van der Waals surface area contributed by atoms with Gasteiger partial charge in [-0.25, -0.2) is 0 Å². The second-order valence-electron chi connectivity index (χ2n) is 5.09. The second-order valence-corrected chi connectivity index (χ2v) is 5.47. The molecule has 0 saturated heterocycles. The SMILES string of the molecule is COCC(C(C)C)n1c(=S)[nH]c2ccc(C)cc21. The minimum atomic E-state index is 0.262. The van der Waals surface area contributed by atoms with Crippen molar-refractivity contribution in [3.8, 4) is 0 Å². The summed E-state index contributed by atoms with van der Waals surface area (Å²) in [4.78, 5) is 3.27. The van der Waals surface area contributed by atoms with Gasteiger partial charge in [0.05, 0.1) is 23.7 Å². The standard InChI is InChI=1S/C14H20N2OS/c1-9(2)13(8-17-4)16-12-7-10(3)5-6-11(12)15-14(16)18/h5-7,9,13H,8H2,1-4H3,(H,15,18). The number of H-pyrrole nitrogens is 1. The Kier molecular flexibility index (Phi) is 3.88. The van der Waals surface area contributed by atoms with Crippen molar-refractivity contribution >= 4 is 23.3 Å². The number of ether oxygens (including phenoxy) is 1. The molecule has 1 N–H and O–H groups in total. The number of benzene rings is 1. The van der Waals surface area contributed by atoms with Crippen molar-refractivity contribution in [2.75, 3.05) is 13.7 Å². The molecular weight excluding hydrogens is 244 g/mol. The lowest BCUT2D eigenvalue weighted by Crippen LogP contribution is -2.20. The molecule has 0 fully saturated rings. The average Bonchev–Trinajstić information content (AvgIpc) is 2.61. The fraction of sp³-hybridized carbons (Fsp3) is 0.500. The van der Waals surface area contributed by atoms with Crippen molar-refractivity contribution in [3.63, 3.8) is 0 Å². The molecule has 0 aliphatic carbocycles. The van der Waals surface area contributed by atoms with Gasteiger partial charge in [-0.15, -0.1) is 0 Å². The van der Waals surface area contributed by atoms with E-state index in [0.717, 1.165) is 15.8 Å². The Bertz CT molecular complexity index is 597. The van der Waals surface area contributed by atoms with Crippen molar-refractivity contribution in [2.45, 2.75) is 26.8 Å². The van der Waals surface area contributed by atoms with Crippen LogP contribution in [0.1, 0.15) is 25.5 Å². The summed E-state index contributed by atoms with van der Waals surface area (Å²) >= 11 is 5.46. The van der Waals surface area contributed by atoms with Gasteiger partial charge in [-0.05, 0) is 42.8 Å². The molecule has 0 amide bonds. The van der Waals surface area contributed by atoms with Gasteiger partial charge in [-0.3, -0.25) is 0 Å². The quantitative estimate of drug-likeness (QED) is 0.850. The Morgan fingerprint density at radius 2 is 2.11 bits per heavy atom. The van der Waals surface area contributed by atoms with E-state index in [1.807, 2.05) is 0 Å². The summed E-state index contributed by atoms with van der Waals surface area (Å²) < 4.78 is 8.30. The van der Waals surface area contributed by atoms with Crippen LogP contribution in [0.5, 0.6) is 0 Å². The van der Waals surface area contributed by atoms with Crippen LogP contribution in [0.3, 0.4) is 0 Å². The maximum absolute atomic E-state index is 5.46. The Morgan fingerprint density at radius 1 is 1.39 bits per heavy atom. The second kappa shape index (κ2) is 5.24. The Labute approximate surface area is 113 Å². The molecule has 4 heteroatoms.